The van der Waals surface area contributed by atoms with Gasteiger partial charge in [0.1, 0.15) is 0 Å². The molecule has 24 heavy (non-hydrogen) atoms. The van der Waals surface area contributed by atoms with Crippen molar-refractivity contribution in [1.29, 1.82) is 0 Å². The van der Waals surface area contributed by atoms with E-state index in [9.17, 15) is 0 Å². The second-order valence-electron chi connectivity index (χ2n) is 6.62. The van der Waals surface area contributed by atoms with E-state index < -0.39 is 0 Å². The van der Waals surface area contributed by atoms with Crippen molar-refractivity contribution in [1.82, 2.24) is 0 Å². The summed E-state index contributed by atoms with van der Waals surface area (Å²) >= 11 is 0. The molecule has 0 aromatic heterocycles. The maximum Gasteiger partial charge on any atom is 0.0950 e. The Hall–Kier alpha value is -2.74. The third kappa shape index (κ3) is 2.44. The van der Waals surface area contributed by atoms with Crippen LogP contribution in [0.3, 0.4) is 0 Å². The van der Waals surface area contributed by atoms with E-state index in [4.69, 9.17) is 0 Å². The molecule has 4 rings (SSSR count). The largest absolute Gasteiger partial charge is 0.355 e. The minimum absolute atomic E-state index is 0.885. The molecule has 1 aliphatic heterocycles. The zero-order chi connectivity index (χ0) is 16.7. The highest BCUT2D eigenvalue weighted by atomic mass is 15.4. The molecular formula is C22H22N2. The van der Waals surface area contributed by atoms with Gasteiger partial charge >= 0.3 is 0 Å². The molecule has 0 aliphatic carbocycles. The van der Waals surface area contributed by atoms with Gasteiger partial charge in [-0.15, -0.1) is 0 Å². The van der Waals surface area contributed by atoms with Crippen molar-refractivity contribution < 1.29 is 0 Å². The standard InChI is InChI=1S/C22H22N2/c1-16-8-11-18(12-9-16)20-14-19(13-10-17(20)2)24-15-23(3)21-6-4-5-7-22(21)24/h4-14H,15H2,1-3H3. The van der Waals surface area contributed by atoms with Gasteiger partial charge in [0.2, 0.25) is 0 Å². The van der Waals surface area contributed by atoms with Gasteiger partial charge in [-0.3, -0.25) is 0 Å². The monoisotopic (exact) mass is 314 g/mol. The Bertz CT molecular complexity index is 881. The molecule has 1 heterocycles. The van der Waals surface area contributed by atoms with Gasteiger partial charge < -0.3 is 9.80 Å². The van der Waals surface area contributed by atoms with Crippen LogP contribution in [0.15, 0.2) is 66.7 Å². The van der Waals surface area contributed by atoms with Crippen LogP contribution in [0.25, 0.3) is 11.1 Å². The molecule has 3 aromatic rings. The summed E-state index contributed by atoms with van der Waals surface area (Å²) in [5.74, 6) is 0. The molecule has 0 saturated carbocycles. The Morgan fingerprint density at radius 1 is 0.792 bits per heavy atom. The molecule has 0 saturated heterocycles. The van der Waals surface area contributed by atoms with Crippen LogP contribution in [0.5, 0.6) is 0 Å². The lowest BCUT2D eigenvalue weighted by Gasteiger charge is -2.21. The fourth-order valence-corrected chi connectivity index (χ4v) is 3.42. The fraction of sp³-hybridized carbons (Fsp3) is 0.182. The zero-order valence-corrected chi connectivity index (χ0v) is 14.5. The Kier molecular flexibility index (Phi) is 3.53. The fourth-order valence-electron chi connectivity index (χ4n) is 3.42. The zero-order valence-electron chi connectivity index (χ0n) is 14.5. The first-order valence-electron chi connectivity index (χ1n) is 8.39. The Labute approximate surface area is 144 Å². The molecule has 0 bridgehead atoms. The van der Waals surface area contributed by atoms with Gasteiger partial charge in [0.05, 0.1) is 18.0 Å². The molecule has 0 unspecified atom stereocenters. The number of para-hydroxylation sites is 2. The summed E-state index contributed by atoms with van der Waals surface area (Å²) in [5, 5.41) is 0. The van der Waals surface area contributed by atoms with Crippen molar-refractivity contribution >= 4 is 17.1 Å². The summed E-state index contributed by atoms with van der Waals surface area (Å²) in [4.78, 5) is 4.67. The Morgan fingerprint density at radius 2 is 1.50 bits per heavy atom. The second-order valence-corrected chi connectivity index (χ2v) is 6.62. The van der Waals surface area contributed by atoms with E-state index in [1.807, 2.05) is 0 Å². The molecule has 0 radical (unpaired) electrons. The second kappa shape index (κ2) is 5.72. The summed E-state index contributed by atoms with van der Waals surface area (Å²) in [6, 6.07) is 24.2. The van der Waals surface area contributed by atoms with Gasteiger partial charge in [-0.1, -0.05) is 48.0 Å². The van der Waals surface area contributed by atoms with Crippen LogP contribution in [0, 0.1) is 13.8 Å². The smallest absolute Gasteiger partial charge is 0.0950 e. The minimum Gasteiger partial charge on any atom is -0.355 e. The number of nitrogens with zero attached hydrogens (tertiary/aromatic N) is 2. The Balaban J connectivity index is 1.78. The van der Waals surface area contributed by atoms with Crippen LogP contribution in [0.2, 0.25) is 0 Å². The number of hydrogen-bond acceptors (Lipinski definition) is 2. The highest BCUT2D eigenvalue weighted by Crippen LogP contribution is 2.40. The normalized spacial score (nSPS) is 13.3. The highest BCUT2D eigenvalue weighted by molar-refractivity contribution is 5.84. The molecule has 2 heteroatoms. The number of rotatable bonds is 2. The predicted molar refractivity (Wildman–Crippen MR) is 103 cm³/mol. The van der Waals surface area contributed by atoms with Crippen molar-refractivity contribution in [3.8, 4) is 11.1 Å². The molecule has 3 aromatic carbocycles. The van der Waals surface area contributed by atoms with Crippen LogP contribution in [0.1, 0.15) is 11.1 Å². The lowest BCUT2D eigenvalue weighted by Crippen LogP contribution is -2.24. The van der Waals surface area contributed by atoms with Crippen molar-refractivity contribution in [3.63, 3.8) is 0 Å². The summed E-state index contributed by atoms with van der Waals surface area (Å²) in [5.41, 5.74) is 8.99. The summed E-state index contributed by atoms with van der Waals surface area (Å²) < 4.78 is 0. The number of anilines is 3. The van der Waals surface area contributed by atoms with Crippen molar-refractivity contribution in [2.45, 2.75) is 13.8 Å². The molecule has 0 fully saturated rings. The van der Waals surface area contributed by atoms with E-state index in [2.05, 4.69) is 97.4 Å². The van der Waals surface area contributed by atoms with Crippen LogP contribution in [-0.2, 0) is 0 Å². The van der Waals surface area contributed by atoms with Gasteiger partial charge in [0.25, 0.3) is 0 Å². The topological polar surface area (TPSA) is 6.48 Å². The van der Waals surface area contributed by atoms with Gasteiger partial charge in [0, 0.05) is 12.7 Å². The van der Waals surface area contributed by atoms with Crippen LogP contribution < -0.4 is 9.80 Å². The number of benzene rings is 3. The molecule has 0 atom stereocenters. The molecule has 0 amide bonds. The van der Waals surface area contributed by atoms with E-state index in [-0.39, 0.29) is 0 Å². The quantitative estimate of drug-likeness (QED) is 0.615. The molecule has 0 spiro atoms. The van der Waals surface area contributed by atoms with Crippen molar-refractivity contribution in [3.05, 3.63) is 77.9 Å². The average molecular weight is 314 g/mol. The van der Waals surface area contributed by atoms with Gasteiger partial charge in [-0.2, -0.15) is 0 Å². The van der Waals surface area contributed by atoms with Crippen LogP contribution >= 0.6 is 0 Å². The first-order chi connectivity index (χ1) is 11.6. The number of aryl methyl sites for hydroxylation is 2. The van der Waals surface area contributed by atoms with Gasteiger partial charge in [-0.25, -0.2) is 0 Å². The molecule has 120 valence electrons. The third-order valence-electron chi connectivity index (χ3n) is 4.83. The number of hydrogen-bond donors (Lipinski definition) is 0. The predicted octanol–water partition coefficient (Wildman–Crippen LogP) is 5.52. The first kappa shape index (κ1) is 14.8. The third-order valence-corrected chi connectivity index (χ3v) is 4.83. The van der Waals surface area contributed by atoms with Gasteiger partial charge in [-0.05, 0) is 54.8 Å². The molecule has 2 nitrogen and oxygen atoms in total. The maximum atomic E-state index is 2.38. The average Bonchev–Trinajstić information content (AvgIpc) is 2.94. The summed E-state index contributed by atoms with van der Waals surface area (Å²) in [7, 11) is 2.15. The summed E-state index contributed by atoms with van der Waals surface area (Å²) in [6.07, 6.45) is 0. The Morgan fingerprint density at radius 3 is 2.25 bits per heavy atom. The van der Waals surface area contributed by atoms with Crippen molar-refractivity contribution in [2.24, 2.45) is 0 Å². The lowest BCUT2D eigenvalue weighted by atomic mass is 9.98. The lowest BCUT2D eigenvalue weighted by molar-refractivity contribution is 0.950. The molecular weight excluding hydrogens is 292 g/mol. The van der Waals surface area contributed by atoms with E-state index in [1.165, 1.54) is 39.3 Å². The maximum absolute atomic E-state index is 2.38. The van der Waals surface area contributed by atoms with E-state index >= 15 is 0 Å². The number of fused-ring (bicyclic) bond motifs is 1. The van der Waals surface area contributed by atoms with E-state index in [0.29, 0.717) is 0 Å². The van der Waals surface area contributed by atoms with Crippen LogP contribution in [-0.4, -0.2) is 13.7 Å². The summed E-state index contributed by atoms with van der Waals surface area (Å²) in [6.45, 7) is 5.20. The highest BCUT2D eigenvalue weighted by Gasteiger charge is 2.24. The first-order valence-corrected chi connectivity index (χ1v) is 8.39. The molecule has 1 aliphatic rings. The SMILES string of the molecule is Cc1ccc(-c2cc(N3CN(C)c4ccccc43)ccc2C)cc1. The minimum atomic E-state index is 0.885. The van der Waals surface area contributed by atoms with E-state index in [1.54, 1.807) is 0 Å². The van der Waals surface area contributed by atoms with E-state index in [0.717, 1.165) is 6.67 Å². The van der Waals surface area contributed by atoms with Crippen molar-refractivity contribution in [2.75, 3.05) is 23.5 Å². The van der Waals surface area contributed by atoms with Crippen LogP contribution in [0.4, 0.5) is 17.1 Å². The molecule has 0 N–H and O–H groups in total. The van der Waals surface area contributed by atoms with Gasteiger partial charge in [0.15, 0.2) is 0 Å².